The smallest absolute Gasteiger partial charge is 0.392 e. The summed E-state index contributed by atoms with van der Waals surface area (Å²) < 4.78 is 40.1. The maximum Gasteiger partial charge on any atom is 0.451 e. The summed E-state index contributed by atoms with van der Waals surface area (Å²) in [6.45, 7) is 1.32. The number of aliphatic hydroxyl groups is 1. The molecule has 1 atom stereocenters. The van der Waals surface area contributed by atoms with Crippen LogP contribution in [0.5, 0.6) is 0 Å². The molecule has 1 aliphatic rings. The second-order valence-corrected chi connectivity index (χ2v) is 5.04. The fourth-order valence-electron chi connectivity index (χ4n) is 2.18. The van der Waals surface area contributed by atoms with Crippen LogP contribution in [0, 0.1) is 4.77 Å². The van der Waals surface area contributed by atoms with E-state index in [2.05, 4.69) is 5.10 Å². The molecular weight excluding hydrogens is 281 g/mol. The lowest BCUT2D eigenvalue weighted by Gasteiger charge is -2.29. The predicted molar refractivity (Wildman–Crippen MR) is 63.8 cm³/mol. The third kappa shape index (κ3) is 3.15. The van der Waals surface area contributed by atoms with Crippen LogP contribution in [-0.2, 0) is 19.9 Å². The van der Waals surface area contributed by atoms with Crippen molar-refractivity contribution in [2.75, 3.05) is 13.1 Å². The summed E-state index contributed by atoms with van der Waals surface area (Å²) in [5.41, 5.74) is 0. The van der Waals surface area contributed by atoms with Crippen LogP contribution in [0.25, 0.3) is 0 Å². The van der Waals surface area contributed by atoms with Crippen LogP contribution in [-0.4, -0.2) is 43.5 Å². The highest BCUT2D eigenvalue weighted by Crippen LogP contribution is 2.27. The van der Waals surface area contributed by atoms with Crippen LogP contribution < -0.4 is 0 Å². The van der Waals surface area contributed by atoms with Gasteiger partial charge in [-0.15, -0.1) is 5.10 Å². The van der Waals surface area contributed by atoms with E-state index in [0.717, 1.165) is 28.6 Å². The van der Waals surface area contributed by atoms with E-state index in [-0.39, 0.29) is 11.4 Å². The van der Waals surface area contributed by atoms with Crippen LogP contribution in [0.1, 0.15) is 18.7 Å². The van der Waals surface area contributed by atoms with Gasteiger partial charge < -0.3 is 5.11 Å². The molecule has 0 aliphatic carbocycles. The molecule has 19 heavy (non-hydrogen) atoms. The number of hydrogen-bond acceptors (Lipinski definition) is 4. The van der Waals surface area contributed by atoms with Crippen molar-refractivity contribution in [1.82, 2.24) is 19.2 Å². The summed E-state index contributed by atoms with van der Waals surface area (Å²) in [6.07, 6.45) is -3.42. The minimum absolute atomic E-state index is 0.0207. The van der Waals surface area contributed by atoms with Crippen molar-refractivity contribution in [3.8, 4) is 0 Å². The number of alkyl halides is 3. The molecule has 1 N–H and O–H groups in total. The van der Waals surface area contributed by atoms with Gasteiger partial charge >= 0.3 is 6.18 Å². The van der Waals surface area contributed by atoms with Crippen molar-refractivity contribution < 1.29 is 18.3 Å². The second-order valence-electron chi connectivity index (χ2n) is 4.68. The van der Waals surface area contributed by atoms with Crippen LogP contribution in [0.4, 0.5) is 13.2 Å². The lowest BCUT2D eigenvalue weighted by molar-refractivity contribution is -0.147. The van der Waals surface area contributed by atoms with Crippen LogP contribution in [0.2, 0.25) is 0 Å². The van der Waals surface area contributed by atoms with Gasteiger partial charge in [0, 0.05) is 20.1 Å². The maximum absolute atomic E-state index is 12.7. The van der Waals surface area contributed by atoms with Gasteiger partial charge in [0.25, 0.3) is 0 Å². The van der Waals surface area contributed by atoms with Crippen LogP contribution in [0.15, 0.2) is 0 Å². The molecule has 1 aromatic rings. The quantitative estimate of drug-likeness (QED) is 0.838. The molecule has 0 spiro atoms. The Morgan fingerprint density at radius 1 is 1.47 bits per heavy atom. The molecule has 0 bridgehead atoms. The third-order valence-electron chi connectivity index (χ3n) is 3.11. The molecule has 108 valence electrons. The van der Waals surface area contributed by atoms with Crippen molar-refractivity contribution in [3.05, 3.63) is 10.6 Å². The van der Waals surface area contributed by atoms with E-state index in [0.29, 0.717) is 6.54 Å². The number of halogens is 3. The fraction of sp³-hybridized carbons (Fsp3) is 0.800. The van der Waals surface area contributed by atoms with Gasteiger partial charge in [-0.25, -0.2) is 4.68 Å². The van der Waals surface area contributed by atoms with Gasteiger partial charge in [0.1, 0.15) is 0 Å². The zero-order valence-electron chi connectivity index (χ0n) is 10.4. The zero-order chi connectivity index (χ0) is 14.2. The van der Waals surface area contributed by atoms with Gasteiger partial charge in [0.15, 0.2) is 4.77 Å². The Bertz CT molecular complexity index is 510. The summed E-state index contributed by atoms with van der Waals surface area (Å²) in [4.78, 5) is 1.84. The molecule has 2 rings (SSSR count). The van der Waals surface area contributed by atoms with Crippen molar-refractivity contribution >= 4 is 12.2 Å². The molecule has 1 fully saturated rings. The Morgan fingerprint density at radius 2 is 2.16 bits per heavy atom. The van der Waals surface area contributed by atoms with Gasteiger partial charge in [-0.3, -0.25) is 9.47 Å². The Balaban J connectivity index is 2.19. The molecule has 0 unspecified atom stereocenters. The van der Waals surface area contributed by atoms with Gasteiger partial charge in [-0.1, -0.05) is 0 Å². The number of β-amino-alcohol motifs (C(OH)–C–C–N with tert-alkyl or cyclic N) is 1. The summed E-state index contributed by atoms with van der Waals surface area (Å²) >= 11 is 4.96. The molecular formula is C10H15F3N4OS. The first-order valence-electron chi connectivity index (χ1n) is 5.90. The van der Waals surface area contributed by atoms with E-state index in [9.17, 15) is 18.3 Å². The summed E-state index contributed by atoms with van der Waals surface area (Å²) in [5, 5.41) is 13.1. The Hall–Kier alpha value is -0.930. The van der Waals surface area contributed by atoms with E-state index < -0.39 is 18.1 Å². The molecule has 1 aliphatic heterocycles. The van der Waals surface area contributed by atoms with E-state index in [1.54, 1.807) is 0 Å². The van der Waals surface area contributed by atoms with E-state index in [1.807, 2.05) is 4.90 Å². The molecule has 1 saturated heterocycles. The van der Waals surface area contributed by atoms with Gasteiger partial charge in [-0.2, -0.15) is 13.2 Å². The molecule has 0 aromatic carbocycles. The summed E-state index contributed by atoms with van der Waals surface area (Å²) in [7, 11) is 1.25. The van der Waals surface area contributed by atoms with Gasteiger partial charge in [0.2, 0.25) is 5.82 Å². The number of piperidine rings is 1. The standard InChI is InChI=1S/C10H15F3N4OS/c1-15-8(10(11,12)13)14-17(9(15)19)6-16-4-2-3-7(18)5-16/h7,18H,2-6H2,1H3/t7-/m0/s1. The number of nitrogens with zero attached hydrogens (tertiary/aromatic N) is 4. The minimum Gasteiger partial charge on any atom is -0.392 e. The van der Waals surface area contributed by atoms with Crippen molar-refractivity contribution in [3.63, 3.8) is 0 Å². The lowest BCUT2D eigenvalue weighted by Crippen LogP contribution is -2.39. The van der Waals surface area contributed by atoms with E-state index in [4.69, 9.17) is 12.2 Å². The monoisotopic (exact) mass is 296 g/mol. The number of rotatable bonds is 2. The third-order valence-corrected chi connectivity index (χ3v) is 3.59. The SMILES string of the molecule is Cn1c(C(F)(F)F)nn(CN2CCC[C@H](O)C2)c1=S. The van der Waals surface area contributed by atoms with Crippen molar-refractivity contribution in [2.45, 2.75) is 31.8 Å². The Labute approximate surface area is 113 Å². The first-order valence-corrected chi connectivity index (χ1v) is 6.31. The van der Waals surface area contributed by atoms with Gasteiger partial charge in [-0.05, 0) is 25.1 Å². The first kappa shape index (κ1) is 14.5. The minimum atomic E-state index is -4.52. The molecule has 0 radical (unpaired) electrons. The average molecular weight is 296 g/mol. The van der Waals surface area contributed by atoms with Crippen LogP contribution in [0.3, 0.4) is 0 Å². The normalized spacial score (nSPS) is 21.8. The predicted octanol–water partition coefficient (Wildman–Crippen LogP) is 1.38. The fourth-order valence-corrected chi connectivity index (χ4v) is 2.36. The molecule has 2 heterocycles. The van der Waals surface area contributed by atoms with Crippen LogP contribution >= 0.6 is 12.2 Å². The topological polar surface area (TPSA) is 46.2 Å². The van der Waals surface area contributed by atoms with Gasteiger partial charge in [0.05, 0.1) is 12.8 Å². The summed E-state index contributed by atoms with van der Waals surface area (Å²) in [6, 6.07) is 0. The zero-order valence-corrected chi connectivity index (χ0v) is 11.2. The summed E-state index contributed by atoms with van der Waals surface area (Å²) in [5.74, 6) is -1.00. The van der Waals surface area contributed by atoms with E-state index in [1.165, 1.54) is 7.05 Å². The Kier molecular flexibility index (Phi) is 3.98. The molecule has 1 aromatic heterocycles. The molecule has 0 amide bonds. The lowest BCUT2D eigenvalue weighted by atomic mass is 10.1. The van der Waals surface area contributed by atoms with E-state index >= 15 is 0 Å². The average Bonchev–Trinajstić information content (AvgIpc) is 2.57. The second kappa shape index (κ2) is 5.22. The maximum atomic E-state index is 12.7. The highest BCUT2D eigenvalue weighted by Gasteiger charge is 2.37. The first-order chi connectivity index (χ1) is 8.79. The molecule has 9 heteroatoms. The largest absolute Gasteiger partial charge is 0.451 e. The number of aromatic nitrogens is 3. The Morgan fingerprint density at radius 3 is 2.68 bits per heavy atom. The van der Waals surface area contributed by atoms with Crippen molar-refractivity contribution in [2.24, 2.45) is 7.05 Å². The molecule has 5 nitrogen and oxygen atoms in total. The number of likely N-dealkylation sites (tertiary alicyclic amines) is 1. The molecule has 0 saturated carbocycles. The highest BCUT2D eigenvalue weighted by molar-refractivity contribution is 7.71. The number of hydrogen-bond donors (Lipinski definition) is 1. The highest BCUT2D eigenvalue weighted by atomic mass is 32.1. The van der Waals surface area contributed by atoms with Crippen molar-refractivity contribution in [1.29, 1.82) is 0 Å². The number of aliphatic hydroxyl groups excluding tert-OH is 1.